The van der Waals surface area contributed by atoms with Crippen LogP contribution in [0.2, 0.25) is 0 Å². The average molecular weight is 415 g/mol. The first-order valence-corrected chi connectivity index (χ1v) is 10.3. The molecule has 2 aromatic heterocycles. The van der Waals surface area contributed by atoms with Gasteiger partial charge >= 0.3 is 5.97 Å². The molecule has 3 aromatic rings. The van der Waals surface area contributed by atoms with Gasteiger partial charge in [-0.25, -0.2) is 9.78 Å². The van der Waals surface area contributed by atoms with Crippen LogP contribution < -0.4 is 5.32 Å². The van der Waals surface area contributed by atoms with Crippen LogP contribution in [0.1, 0.15) is 37.5 Å². The van der Waals surface area contributed by atoms with Crippen molar-refractivity contribution in [1.29, 1.82) is 0 Å². The molecule has 3 rings (SSSR count). The van der Waals surface area contributed by atoms with Gasteiger partial charge in [0.25, 0.3) is 11.8 Å². The molecule has 1 N–H and O–H groups in total. The van der Waals surface area contributed by atoms with Crippen molar-refractivity contribution < 1.29 is 19.1 Å². The molecular weight excluding hydrogens is 396 g/mol. The molecule has 1 aromatic carbocycles. The van der Waals surface area contributed by atoms with Gasteiger partial charge in [-0.3, -0.25) is 14.9 Å². The molecule has 0 saturated heterocycles. The first-order chi connectivity index (χ1) is 13.5. The Morgan fingerprint density at radius 1 is 1.14 bits per heavy atom. The van der Waals surface area contributed by atoms with E-state index < -0.39 is 24.4 Å². The number of imide groups is 1. The number of rotatable bonds is 6. The van der Waals surface area contributed by atoms with Crippen LogP contribution in [0.15, 0.2) is 41.8 Å². The summed E-state index contributed by atoms with van der Waals surface area (Å²) in [6, 6.07) is 11.3. The van der Waals surface area contributed by atoms with Crippen LogP contribution in [-0.2, 0) is 16.0 Å². The van der Waals surface area contributed by atoms with Gasteiger partial charge in [0.15, 0.2) is 6.61 Å². The lowest BCUT2D eigenvalue weighted by Crippen LogP contribution is -2.33. The maximum Gasteiger partial charge on any atom is 0.350 e. The van der Waals surface area contributed by atoms with E-state index in [9.17, 15) is 14.4 Å². The minimum absolute atomic E-state index is 0.340. The highest BCUT2D eigenvalue weighted by molar-refractivity contribution is 7.17. The molecule has 0 aliphatic carbocycles. The van der Waals surface area contributed by atoms with Crippen molar-refractivity contribution in [2.24, 2.45) is 0 Å². The molecule has 6 nitrogen and oxygen atoms in total. The van der Waals surface area contributed by atoms with E-state index in [0.717, 1.165) is 12.0 Å². The standard InChI is InChI=1S/C20H18N2O4S2/c1-3-13-6-8-14(9-7-13)19-21-12(2)17(28-19)20(25)26-11-16(23)22-18(24)15-5-4-10-27-15/h4-10H,3,11H2,1-2H3,(H,22,23,24). The van der Waals surface area contributed by atoms with Gasteiger partial charge in [0.05, 0.1) is 10.6 Å². The summed E-state index contributed by atoms with van der Waals surface area (Å²) in [5, 5.41) is 4.64. The number of esters is 1. The van der Waals surface area contributed by atoms with Gasteiger partial charge in [-0.05, 0) is 30.4 Å². The van der Waals surface area contributed by atoms with Gasteiger partial charge in [-0.15, -0.1) is 22.7 Å². The number of nitrogens with zero attached hydrogens (tertiary/aromatic N) is 1. The second-order valence-corrected chi connectivity index (χ2v) is 7.86. The zero-order valence-corrected chi connectivity index (χ0v) is 17.0. The number of hydrogen-bond donors (Lipinski definition) is 1. The predicted octanol–water partition coefficient (Wildman–Crippen LogP) is 3.86. The van der Waals surface area contributed by atoms with Crippen LogP contribution in [0.5, 0.6) is 0 Å². The number of hydrogen-bond acceptors (Lipinski definition) is 7. The number of carbonyl (C=O) groups is 3. The summed E-state index contributed by atoms with van der Waals surface area (Å²) in [4.78, 5) is 41.2. The second-order valence-electron chi connectivity index (χ2n) is 5.91. The summed E-state index contributed by atoms with van der Waals surface area (Å²) < 4.78 is 5.05. The van der Waals surface area contributed by atoms with E-state index in [1.54, 1.807) is 24.4 Å². The molecule has 144 valence electrons. The van der Waals surface area contributed by atoms with Crippen molar-refractivity contribution in [3.63, 3.8) is 0 Å². The maximum atomic E-state index is 12.3. The molecule has 2 amide bonds. The molecule has 0 unspecified atom stereocenters. The Balaban J connectivity index is 1.60. The van der Waals surface area contributed by atoms with E-state index in [-0.39, 0.29) is 0 Å². The van der Waals surface area contributed by atoms with Crippen LogP contribution in [0.4, 0.5) is 0 Å². The minimum atomic E-state index is -0.677. The number of benzene rings is 1. The largest absolute Gasteiger partial charge is 0.451 e. The number of nitrogens with one attached hydrogen (secondary N) is 1. The number of amides is 2. The number of thiophene rings is 1. The summed E-state index contributed by atoms with van der Waals surface area (Å²) in [5.74, 6) is -1.82. The molecule has 0 fully saturated rings. The Morgan fingerprint density at radius 3 is 2.54 bits per heavy atom. The van der Waals surface area contributed by atoms with E-state index in [4.69, 9.17) is 4.74 Å². The molecule has 0 aliphatic heterocycles. The molecule has 0 aliphatic rings. The third kappa shape index (κ3) is 4.71. The fourth-order valence-electron chi connectivity index (χ4n) is 2.42. The van der Waals surface area contributed by atoms with Crippen molar-refractivity contribution in [3.8, 4) is 10.6 Å². The topological polar surface area (TPSA) is 85.4 Å². The highest BCUT2D eigenvalue weighted by atomic mass is 32.1. The maximum absolute atomic E-state index is 12.3. The van der Waals surface area contributed by atoms with Crippen molar-refractivity contribution in [2.75, 3.05) is 6.61 Å². The molecule has 2 heterocycles. The van der Waals surface area contributed by atoms with Crippen LogP contribution in [-0.4, -0.2) is 29.4 Å². The molecule has 28 heavy (non-hydrogen) atoms. The van der Waals surface area contributed by atoms with Crippen molar-refractivity contribution >= 4 is 40.5 Å². The molecule has 0 spiro atoms. The Morgan fingerprint density at radius 2 is 1.89 bits per heavy atom. The molecule has 8 heteroatoms. The smallest absolute Gasteiger partial charge is 0.350 e. The SMILES string of the molecule is CCc1ccc(-c2nc(C)c(C(=O)OCC(=O)NC(=O)c3cccs3)s2)cc1. The third-order valence-corrected chi connectivity index (χ3v) is 5.98. The number of aromatic nitrogens is 1. The van der Waals surface area contributed by atoms with Crippen molar-refractivity contribution in [1.82, 2.24) is 10.3 Å². The summed E-state index contributed by atoms with van der Waals surface area (Å²) in [6.07, 6.45) is 0.950. The molecule has 0 radical (unpaired) electrons. The third-order valence-electron chi connectivity index (χ3n) is 3.92. The van der Waals surface area contributed by atoms with Crippen LogP contribution in [0.3, 0.4) is 0 Å². The minimum Gasteiger partial charge on any atom is -0.451 e. The molecule has 0 atom stereocenters. The van der Waals surface area contributed by atoms with Crippen molar-refractivity contribution in [2.45, 2.75) is 20.3 Å². The zero-order valence-electron chi connectivity index (χ0n) is 15.4. The van der Waals surface area contributed by atoms with Gasteiger partial charge in [-0.2, -0.15) is 0 Å². The number of aryl methyl sites for hydroxylation is 2. The van der Waals surface area contributed by atoms with Crippen LogP contribution in [0.25, 0.3) is 10.6 Å². The number of carbonyl (C=O) groups excluding carboxylic acids is 3. The number of ether oxygens (including phenoxy) is 1. The van der Waals surface area contributed by atoms with Gasteiger partial charge in [0.2, 0.25) is 0 Å². The average Bonchev–Trinajstić information content (AvgIpc) is 3.36. The monoisotopic (exact) mass is 414 g/mol. The van der Waals surface area contributed by atoms with Crippen LogP contribution in [0, 0.1) is 6.92 Å². The highest BCUT2D eigenvalue weighted by Crippen LogP contribution is 2.28. The van der Waals surface area contributed by atoms with E-state index in [2.05, 4.69) is 17.2 Å². The lowest BCUT2D eigenvalue weighted by molar-refractivity contribution is -0.123. The lowest BCUT2D eigenvalue weighted by Gasteiger charge is -2.04. The molecule has 0 saturated carbocycles. The van der Waals surface area contributed by atoms with E-state index in [1.807, 2.05) is 24.3 Å². The number of thiazole rings is 1. The Hall–Kier alpha value is -2.84. The first kappa shape index (κ1) is 19.9. The summed E-state index contributed by atoms with van der Waals surface area (Å²) in [6.45, 7) is 3.27. The zero-order chi connectivity index (χ0) is 20.1. The van der Waals surface area contributed by atoms with Gasteiger partial charge < -0.3 is 4.74 Å². The van der Waals surface area contributed by atoms with Gasteiger partial charge in [-0.1, -0.05) is 37.3 Å². The second kappa shape index (κ2) is 8.90. The Kier molecular flexibility index (Phi) is 6.33. The molecule has 0 bridgehead atoms. The summed E-state index contributed by atoms with van der Waals surface area (Å²) in [7, 11) is 0. The Labute approximate surface area is 170 Å². The van der Waals surface area contributed by atoms with E-state index in [0.29, 0.717) is 20.5 Å². The van der Waals surface area contributed by atoms with E-state index >= 15 is 0 Å². The lowest BCUT2D eigenvalue weighted by atomic mass is 10.1. The normalized spacial score (nSPS) is 10.5. The van der Waals surface area contributed by atoms with E-state index in [1.165, 1.54) is 28.2 Å². The molecular formula is C20H18N2O4S2. The predicted molar refractivity (Wildman–Crippen MR) is 109 cm³/mol. The van der Waals surface area contributed by atoms with Gasteiger partial charge in [0, 0.05) is 5.56 Å². The first-order valence-electron chi connectivity index (χ1n) is 8.59. The van der Waals surface area contributed by atoms with Crippen molar-refractivity contribution in [3.05, 3.63) is 62.8 Å². The summed E-state index contributed by atoms with van der Waals surface area (Å²) in [5.41, 5.74) is 2.68. The fraction of sp³-hybridized carbons (Fsp3) is 0.200. The van der Waals surface area contributed by atoms with Crippen LogP contribution >= 0.6 is 22.7 Å². The summed E-state index contributed by atoms with van der Waals surface area (Å²) >= 11 is 2.44. The highest BCUT2D eigenvalue weighted by Gasteiger charge is 2.19. The fourth-order valence-corrected chi connectivity index (χ4v) is 4.01. The Bertz CT molecular complexity index is 992. The van der Waals surface area contributed by atoms with Gasteiger partial charge in [0.1, 0.15) is 9.88 Å². The quantitative estimate of drug-likeness (QED) is 0.619.